The highest BCUT2D eigenvalue weighted by atomic mass is 32.2. The van der Waals surface area contributed by atoms with Crippen molar-refractivity contribution in [1.82, 2.24) is 8.80 Å². The van der Waals surface area contributed by atoms with E-state index >= 15 is 0 Å². The van der Waals surface area contributed by atoms with Gasteiger partial charge in [0.25, 0.3) is 0 Å². The van der Waals surface area contributed by atoms with Gasteiger partial charge in [-0.1, -0.05) is 0 Å². The molecule has 0 aromatic heterocycles. The Bertz CT molecular complexity index is 299. The summed E-state index contributed by atoms with van der Waals surface area (Å²) in [5.74, 6) is 0. The van der Waals surface area contributed by atoms with Crippen molar-refractivity contribution >= 4 is 26.0 Å². The Balaban J connectivity index is 4.63. The summed E-state index contributed by atoms with van der Waals surface area (Å²) in [6.45, 7) is 7.01. The molecule has 0 unspecified atom stereocenters. The van der Waals surface area contributed by atoms with Gasteiger partial charge in [-0.25, -0.2) is 9.36 Å². The highest BCUT2D eigenvalue weighted by Gasteiger charge is 2.34. The zero-order valence-corrected chi connectivity index (χ0v) is 13.2. The van der Waals surface area contributed by atoms with Crippen molar-refractivity contribution in [2.24, 2.45) is 0 Å². The van der Waals surface area contributed by atoms with Gasteiger partial charge in [-0.15, -0.1) is 4.08 Å². The standard InChI is InChI=1S/C9H21N2O5PS/c1-7(2)15-17(13,16-8(3)4)11(5)18-10-9(12)14-6/h7-8H,1-6H3,(H,10,12). The molecule has 0 spiro atoms. The Morgan fingerprint density at radius 3 is 2.00 bits per heavy atom. The summed E-state index contributed by atoms with van der Waals surface area (Å²) < 4.78 is 31.1. The Morgan fingerprint density at radius 2 is 1.67 bits per heavy atom. The summed E-state index contributed by atoms with van der Waals surface area (Å²) in [5.41, 5.74) is 0. The molecule has 0 aromatic rings. The lowest BCUT2D eigenvalue weighted by atomic mass is 10.5. The Labute approximate surface area is 112 Å². The summed E-state index contributed by atoms with van der Waals surface area (Å²) >= 11 is 0.796. The van der Waals surface area contributed by atoms with Gasteiger partial charge in [0.15, 0.2) is 0 Å². The molecule has 0 aromatic carbocycles. The fourth-order valence-corrected chi connectivity index (χ4v) is 3.31. The second-order valence-corrected chi connectivity index (χ2v) is 7.09. The molecule has 9 heteroatoms. The SMILES string of the molecule is COC(=O)NSN(C)P(=O)(OC(C)C)OC(C)C. The Kier molecular flexibility index (Phi) is 7.89. The summed E-state index contributed by atoms with van der Waals surface area (Å²) in [6.07, 6.45) is -1.18. The third-order valence-electron chi connectivity index (χ3n) is 1.48. The molecular weight excluding hydrogens is 279 g/mol. The van der Waals surface area contributed by atoms with Gasteiger partial charge in [0.05, 0.1) is 31.5 Å². The predicted molar refractivity (Wildman–Crippen MR) is 70.9 cm³/mol. The van der Waals surface area contributed by atoms with Crippen LogP contribution in [-0.2, 0) is 18.3 Å². The lowest BCUT2D eigenvalue weighted by Gasteiger charge is -2.28. The highest BCUT2D eigenvalue weighted by Crippen LogP contribution is 2.55. The zero-order chi connectivity index (χ0) is 14.3. The maximum absolute atomic E-state index is 12.5. The maximum Gasteiger partial charge on any atom is 0.419 e. The Hall–Kier alpha value is -0.270. The number of carbonyl (C=O) groups excluding carboxylic acids is 1. The number of methoxy groups -OCH3 is 1. The molecule has 108 valence electrons. The lowest BCUT2D eigenvalue weighted by molar-refractivity contribution is 0.126. The smallest absolute Gasteiger partial charge is 0.419 e. The van der Waals surface area contributed by atoms with Crippen LogP contribution >= 0.6 is 19.9 Å². The van der Waals surface area contributed by atoms with Gasteiger partial charge < -0.3 is 4.74 Å². The van der Waals surface area contributed by atoms with E-state index in [4.69, 9.17) is 9.05 Å². The van der Waals surface area contributed by atoms with Gasteiger partial charge in [0.2, 0.25) is 0 Å². The van der Waals surface area contributed by atoms with Crippen LogP contribution in [0, 0.1) is 0 Å². The summed E-state index contributed by atoms with van der Waals surface area (Å²) in [5, 5.41) is 0. The normalized spacial score (nSPS) is 12.3. The third kappa shape index (κ3) is 6.61. The predicted octanol–water partition coefficient (Wildman–Crippen LogP) is 2.80. The minimum absolute atomic E-state index is 0.268. The largest absolute Gasteiger partial charge is 0.452 e. The average Bonchev–Trinajstić information content (AvgIpc) is 2.22. The number of rotatable bonds is 7. The van der Waals surface area contributed by atoms with Crippen LogP contribution in [0.15, 0.2) is 0 Å². The van der Waals surface area contributed by atoms with Crippen molar-refractivity contribution in [3.05, 3.63) is 0 Å². The van der Waals surface area contributed by atoms with Gasteiger partial charge in [0, 0.05) is 7.05 Å². The van der Waals surface area contributed by atoms with Crippen molar-refractivity contribution in [2.45, 2.75) is 39.9 Å². The molecule has 0 saturated carbocycles. The molecule has 18 heavy (non-hydrogen) atoms. The van der Waals surface area contributed by atoms with Gasteiger partial charge >= 0.3 is 13.8 Å². The van der Waals surface area contributed by atoms with E-state index in [2.05, 4.69) is 9.46 Å². The van der Waals surface area contributed by atoms with Crippen LogP contribution in [0.5, 0.6) is 0 Å². The first kappa shape index (κ1) is 17.7. The van der Waals surface area contributed by atoms with E-state index in [1.807, 2.05) is 0 Å². The third-order valence-corrected chi connectivity index (χ3v) is 4.91. The molecule has 0 fully saturated rings. The van der Waals surface area contributed by atoms with E-state index < -0.39 is 13.8 Å². The molecule has 0 bridgehead atoms. The van der Waals surface area contributed by atoms with Crippen molar-refractivity contribution in [2.75, 3.05) is 14.2 Å². The zero-order valence-electron chi connectivity index (χ0n) is 11.5. The average molecular weight is 300 g/mol. The van der Waals surface area contributed by atoms with E-state index in [1.54, 1.807) is 27.7 Å². The van der Waals surface area contributed by atoms with Crippen molar-refractivity contribution in [3.63, 3.8) is 0 Å². The van der Waals surface area contributed by atoms with Crippen LogP contribution in [-0.4, -0.2) is 36.5 Å². The molecule has 0 radical (unpaired) electrons. The van der Waals surface area contributed by atoms with E-state index in [0.29, 0.717) is 0 Å². The second-order valence-electron chi connectivity index (χ2n) is 3.93. The second kappa shape index (κ2) is 8.01. The molecule has 0 saturated heterocycles. The minimum atomic E-state index is -3.46. The summed E-state index contributed by atoms with van der Waals surface area (Å²) in [4.78, 5) is 10.9. The molecule has 0 heterocycles. The first-order valence-electron chi connectivity index (χ1n) is 5.43. The van der Waals surface area contributed by atoms with Crippen molar-refractivity contribution in [1.29, 1.82) is 0 Å². The minimum Gasteiger partial charge on any atom is -0.452 e. The fraction of sp³-hybridized carbons (Fsp3) is 0.889. The number of nitrogens with one attached hydrogen (secondary N) is 1. The first-order valence-corrected chi connectivity index (χ1v) is 7.70. The summed E-state index contributed by atoms with van der Waals surface area (Å²) in [7, 11) is -0.716. The molecule has 0 aliphatic carbocycles. The van der Waals surface area contributed by atoms with E-state index in [0.717, 1.165) is 12.1 Å². The van der Waals surface area contributed by atoms with Crippen LogP contribution in [0.25, 0.3) is 0 Å². The summed E-state index contributed by atoms with van der Waals surface area (Å²) in [6, 6.07) is 0. The van der Waals surface area contributed by atoms with Crippen molar-refractivity contribution in [3.8, 4) is 0 Å². The molecule has 1 N–H and O–H groups in total. The first-order chi connectivity index (χ1) is 8.21. The van der Waals surface area contributed by atoms with E-state index in [9.17, 15) is 9.36 Å². The van der Waals surface area contributed by atoms with Crippen molar-refractivity contribution < 1.29 is 23.1 Å². The number of hydrogen-bond acceptors (Lipinski definition) is 6. The molecule has 7 nitrogen and oxygen atoms in total. The molecule has 0 aliphatic rings. The van der Waals surface area contributed by atoms with E-state index in [1.165, 1.54) is 18.2 Å². The molecule has 0 aliphatic heterocycles. The quantitative estimate of drug-likeness (QED) is 0.572. The molecular formula is C9H21N2O5PS. The monoisotopic (exact) mass is 300 g/mol. The van der Waals surface area contributed by atoms with Gasteiger partial charge in [-0.3, -0.25) is 13.8 Å². The van der Waals surface area contributed by atoms with Crippen LogP contribution in [0.1, 0.15) is 27.7 Å². The maximum atomic E-state index is 12.5. The van der Waals surface area contributed by atoms with Gasteiger partial charge in [-0.2, -0.15) is 0 Å². The van der Waals surface area contributed by atoms with Crippen LogP contribution in [0.2, 0.25) is 0 Å². The van der Waals surface area contributed by atoms with Crippen LogP contribution < -0.4 is 4.72 Å². The number of ether oxygens (including phenoxy) is 1. The molecule has 1 amide bonds. The number of hydrogen-bond donors (Lipinski definition) is 1. The van der Waals surface area contributed by atoms with Gasteiger partial charge in [-0.05, 0) is 27.7 Å². The van der Waals surface area contributed by atoms with Crippen LogP contribution in [0.4, 0.5) is 4.79 Å². The van der Waals surface area contributed by atoms with E-state index in [-0.39, 0.29) is 12.2 Å². The number of carbonyl (C=O) groups is 1. The highest BCUT2D eigenvalue weighted by molar-refractivity contribution is 8.00. The van der Waals surface area contributed by atoms with Gasteiger partial charge in [0.1, 0.15) is 0 Å². The number of amides is 1. The molecule has 0 atom stereocenters. The van der Waals surface area contributed by atoms with Crippen LogP contribution in [0.3, 0.4) is 0 Å². The fourth-order valence-electron chi connectivity index (χ4n) is 0.885. The number of nitrogens with zero attached hydrogens (tertiary/aromatic N) is 1. The lowest BCUT2D eigenvalue weighted by Crippen LogP contribution is -2.24. The topological polar surface area (TPSA) is 77.1 Å². The molecule has 0 rings (SSSR count). The Morgan fingerprint density at radius 1 is 1.22 bits per heavy atom.